The number of benzene rings is 1. The summed E-state index contributed by atoms with van der Waals surface area (Å²) in [7, 11) is 1.64. The van der Waals surface area contributed by atoms with Gasteiger partial charge in [-0.25, -0.2) is 0 Å². The van der Waals surface area contributed by atoms with E-state index in [1.807, 2.05) is 30.3 Å². The first-order valence-electron chi connectivity index (χ1n) is 7.63. The number of carbonyl (C=O) groups is 1. The molecule has 5 heteroatoms. The molecule has 1 aromatic carbocycles. The molecule has 1 saturated heterocycles. The molecule has 1 N–H and O–H groups in total. The molecule has 22 heavy (non-hydrogen) atoms. The number of ether oxygens (including phenoxy) is 1. The lowest BCUT2D eigenvalue weighted by Crippen LogP contribution is -2.44. The van der Waals surface area contributed by atoms with Crippen LogP contribution >= 0.6 is 0 Å². The predicted molar refractivity (Wildman–Crippen MR) is 83.9 cm³/mol. The number of nitrogens with zero attached hydrogens (tertiary/aromatic N) is 2. The van der Waals surface area contributed by atoms with Crippen molar-refractivity contribution in [2.24, 2.45) is 11.8 Å². The van der Waals surface area contributed by atoms with Crippen molar-refractivity contribution < 1.29 is 14.6 Å². The second-order valence-electron chi connectivity index (χ2n) is 5.68. The fourth-order valence-electron chi connectivity index (χ4n) is 3.25. The number of aliphatic carboxylic acids is 1. The van der Waals surface area contributed by atoms with Gasteiger partial charge in [-0.2, -0.15) is 5.26 Å². The van der Waals surface area contributed by atoms with E-state index in [-0.39, 0.29) is 12.0 Å². The van der Waals surface area contributed by atoms with Crippen LogP contribution in [0.4, 0.5) is 5.69 Å². The van der Waals surface area contributed by atoms with E-state index in [1.165, 1.54) is 0 Å². The third-order valence-corrected chi connectivity index (χ3v) is 4.51. The van der Waals surface area contributed by atoms with Gasteiger partial charge in [0.2, 0.25) is 0 Å². The first-order valence-corrected chi connectivity index (χ1v) is 7.63. The molecule has 0 saturated carbocycles. The molecule has 1 heterocycles. The molecule has 1 aliphatic heterocycles. The van der Waals surface area contributed by atoms with E-state index in [0.717, 1.165) is 37.2 Å². The zero-order valence-electron chi connectivity index (χ0n) is 13.0. The molecule has 1 aromatic rings. The van der Waals surface area contributed by atoms with Crippen LogP contribution in [-0.2, 0) is 4.79 Å². The minimum absolute atomic E-state index is 0.0676. The standard InChI is InChI=1S/C17H22N2O3/c1-3-13-10-12(16(11-18)17(20)21)8-9-19(13)14-4-6-15(22-2)7-5-14/h4-7,12-13,16H,3,8-10H2,1-2H3,(H,20,21). The molecule has 0 radical (unpaired) electrons. The molecule has 1 fully saturated rings. The van der Waals surface area contributed by atoms with Crippen molar-refractivity contribution in [1.82, 2.24) is 0 Å². The van der Waals surface area contributed by atoms with E-state index in [9.17, 15) is 9.90 Å². The number of hydrogen-bond acceptors (Lipinski definition) is 4. The molecular formula is C17H22N2O3. The van der Waals surface area contributed by atoms with Gasteiger partial charge in [-0.15, -0.1) is 0 Å². The highest BCUT2D eigenvalue weighted by Crippen LogP contribution is 2.34. The molecule has 0 amide bonds. The molecular weight excluding hydrogens is 280 g/mol. The Labute approximate surface area is 131 Å². The summed E-state index contributed by atoms with van der Waals surface area (Å²) >= 11 is 0. The molecule has 5 nitrogen and oxygen atoms in total. The monoisotopic (exact) mass is 302 g/mol. The summed E-state index contributed by atoms with van der Waals surface area (Å²) in [6.45, 7) is 2.88. The number of anilines is 1. The van der Waals surface area contributed by atoms with Crippen LogP contribution in [0.5, 0.6) is 5.75 Å². The third-order valence-electron chi connectivity index (χ3n) is 4.51. The van der Waals surface area contributed by atoms with Gasteiger partial charge in [0, 0.05) is 18.3 Å². The predicted octanol–water partition coefficient (Wildman–Crippen LogP) is 2.91. The first-order chi connectivity index (χ1) is 10.6. The maximum absolute atomic E-state index is 11.2. The smallest absolute Gasteiger partial charge is 0.321 e. The summed E-state index contributed by atoms with van der Waals surface area (Å²) in [6.07, 6.45) is 2.40. The summed E-state index contributed by atoms with van der Waals surface area (Å²) in [5.74, 6) is -1.14. The summed E-state index contributed by atoms with van der Waals surface area (Å²) < 4.78 is 5.18. The Morgan fingerprint density at radius 2 is 2.18 bits per heavy atom. The summed E-state index contributed by atoms with van der Waals surface area (Å²) in [5, 5.41) is 18.3. The molecule has 1 aliphatic rings. The molecule has 0 spiro atoms. The second kappa shape index (κ2) is 7.17. The Morgan fingerprint density at radius 1 is 1.50 bits per heavy atom. The van der Waals surface area contributed by atoms with Crippen LogP contribution in [0.1, 0.15) is 26.2 Å². The van der Waals surface area contributed by atoms with E-state index < -0.39 is 11.9 Å². The zero-order chi connectivity index (χ0) is 16.1. The van der Waals surface area contributed by atoms with Gasteiger partial charge in [0.25, 0.3) is 0 Å². The second-order valence-corrected chi connectivity index (χ2v) is 5.68. The van der Waals surface area contributed by atoms with Crippen LogP contribution in [0, 0.1) is 23.2 Å². The van der Waals surface area contributed by atoms with Crippen molar-refractivity contribution in [1.29, 1.82) is 5.26 Å². The van der Waals surface area contributed by atoms with E-state index >= 15 is 0 Å². The van der Waals surface area contributed by atoms with E-state index in [4.69, 9.17) is 10.00 Å². The number of piperidine rings is 1. The number of carboxylic acids is 1. The van der Waals surface area contributed by atoms with Crippen LogP contribution in [-0.4, -0.2) is 30.8 Å². The van der Waals surface area contributed by atoms with Gasteiger partial charge in [0.15, 0.2) is 0 Å². The van der Waals surface area contributed by atoms with Crippen LogP contribution in [0.3, 0.4) is 0 Å². The van der Waals surface area contributed by atoms with Gasteiger partial charge in [-0.1, -0.05) is 6.92 Å². The Kier molecular flexibility index (Phi) is 5.26. The largest absolute Gasteiger partial charge is 0.497 e. The maximum Gasteiger partial charge on any atom is 0.321 e. The van der Waals surface area contributed by atoms with Gasteiger partial charge in [0.05, 0.1) is 13.2 Å². The van der Waals surface area contributed by atoms with Crippen LogP contribution in [0.25, 0.3) is 0 Å². The topological polar surface area (TPSA) is 73.6 Å². The van der Waals surface area contributed by atoms with Crippen LogP contribution in [0.15, 0.2) is 24.3 Å². The normalized spacial score (nSPS) is 22.7. The maximum atomic E-state index is 11.2. The average molecular weight is 302 g/mol. The van der Waals surface area contributed by atoms with Crippen molar-refractivity contribution in [3.63, 3.8) is 0 Å². The highest BCUT2D eigenvalue weighted by molar-refractivity contribution is 5.73. The minimum atomic E-state index is -1.000. The Hall–Kier alpha value is -2.22. The number of nitriles is 1. The quantitative estimate of drug-likeness (QED) is 0.905. The lowest BCUT2D eigenvalue weighted by molar-refractivity contribution is -0.141. The van der Waals surface area contributed by atoms with E-state index in [0.29, 0.717) is 0 Å². The molecule has 0 bridgehead atoms. The third kappa shape index (κ3) is 3.33. The summed E-state index contributed by atoms with van der Waals surface area (Å²) in [5.41, 5.74) is 1.12. The lowest BCUT2D eigenvalue weighted by atomic mass is 9.81. The van der Waals surface area contributed by atoms with Crippen molar-refractivity contribution in [3.8, 4) is 11.8 Å². The highest BCUT2D eigenvalue weighted by atomic mass is 16.5. The van der Waals surface area contributed by atoms with E-state index in [2.05, 4.69) is 11.8 Å². The van der Waals surface area contributed by atoms with Gasteiger partial charge in [0.1, 0.15) is 11.7 Å². The van der Waals surface area contributed by atoms with Crippen molar-refractivity contribution in [3.05, 3.63) is 24.3 Å². The first kappa shape index (κ1) is 16.2. The highest BCUT2D eigenvalue weighted by Gasteiger charge is 2.35. The Bertz CT molecular complexity index is 550. The fourth-order valence-corrected chi connectivity index (χ4v) is 3.25. The minimum Gasteiger partial charge on any atom is -0.497 e. The summed E-state index contributed by atoms with van der Waals surface area (Å²) in [4.78, 5) is 13.5. The number of hydrogen-bond donors (Lipinski definition) is 1. The summed E-state index contributed by atoms with van der Waals surface area (Å²) in [6, 6.07) is 10.1. The van der Waals surface area contributed by atoms with Gasteiger partial charge < -0.3 is 14.7 Å². The number of carboxylic acid groups (broad SMARTS) is 1. The molecule has 3 unspecified atom stereocenters. The van der Waals surface area contributed by atoms with Gasteiger partial charge >= 0.3 is 5.97 Å². The fraction of sp³-hybridized carbons (Fsp3) is 0.529. The molecule has 3 atom stereocenters. The Morgan fingerprint density at radius 3 is 2.68 bits per heavy atom. The average Bonchev–Trinajstić information content (AvgIpc) is 2.55. The van der Waals surface area contributed by atoms with Gasteiger partial charge in [-0.3, -0.25) is 4.79 Å². The molecule has 0 aliphatic carbocycles. The molecule has 118 valence electrons. The van der Waals surface area contributed by atoms with Crippen molar-refractivity contribution in [2.75, 3.05) is 18.6 Å². The van der Waals surface area contributed by atoms with E-state index in [1.54, 1.807) is 7.11 Å². The SMILES string of the molecule is CCC1CC(C(C#N)C(=O)O)CCN1c1ccc(OC)cc1. The Balaban J connectivity index is 2.13. The van der Waals surface area contributed by atoms with Gasteiger partial charge in [-0.05, 0) is 49.4 Å². The zero-order valence-corrected chi connectivity index (χ0v) is 13.0. The van der Waals surface area contributed by atoms with Crippen LogP contribution < -0.4 is 9.64 Å². The van der Waals surface area contributed by atoms with Crippen LogP contribution in [0.2, 0.25) is 0 Å². The lowest BCUT2D eigenvalue weighted by Gasteiger charge is -2.41. The van der Waals surface area contributed by atoms with Crippen molar-refractivity contribution in [2.45, 2.75) is 32.2 Å². The number of rotatable bonds is 5. The molecule has 0 aromatic heterocycles. The number of methoxy groups -OCH3 is 1. The van der Waals surface area contributed by atoms with Crippen molar-refractivity contribution >= 4 is 11.7 Å². The molecule has 2 rings (SSSR count).